The predicted molar refractivity (Wildman–Crippen MR) is 66.0 cm³/mol. The molecule has 0 bridgehead atoms. The van der Waals surface area contributed by atoms with E-state index in [1.54, 1.807) is 0 Å². The molecule has 104 valence electrons. The van der Waals surface area contributed by atoms with Gasteiger partial charge < -0.3 is 25.8 Å². The zero-order chi connectivity index (χ0) is 14.2. The number of aromatic nitrogens is 2. The van der Waals surface area contributed by atoms with Gasteiger partial charge in [0.05, 0.1) is 6.61 Å². The number of nitrogens with two attached hydrogens (primary N) is 1. The lowest BCUT2D eigenvalue weighted by Gasteiger charge is -2.17. The van der Waals surface area contributed by atoms with E-state index in [2.05, 4.69) is 11.6 Å². The van der Waals surface area contributed by atoms with Crippen LogP contribution in [0, 0.1) is 0 Å². The van der Waals surface area contributed by atoms with E-state index in [9.17, 15) is 15.0 Å². The molecule has 1 aliphatic rings. The summed E-state index contributed by atoms with van der Waals surface area (Å²) in [5.41, 5.74) is 5.20. The molecule has 19 heavy (non-hydrogen) atoms. The molecule has 1 aromatic rings. The first kappa shape index (κ1) is 13.7. The summed E-state index contributed by atoms with van der Waals surface area (Å²) in [4.78, 5) is 15.3. The first-order valence-electron chi connectivity index (χ1n) is 5.63. The Morgan fingerprint density at radius 1 is 1.53 bits per heavy atom. The highest BCUT2D eigenvalue weighted by atomic mass is 16.6. The lowest BCUT2D eigenvalue weighted by molar-refractivity contribution is -0.0549. The molecule has 2 rings (SSSR count). The summed E-state index contributed by atoms with van der Waals surface area (Å²) in [6, 6.07) is 0. The molecule has 2 heterocycles. The van der Waals surface area contributed by atoms with E-state index < -0.39 is 36.8 Å². The van der Waals surface area contributed by atoms with Crippen molar-refractivity contribution in [2.75, 3.05) is 12.3 Å². The van der Waals surface area contributed by atoms with E-state index in [1.807, 2.05) is 0 Å². The molecule has 1 fully saturated rings. The molecule has 0 amide bonds. The van der Waals surface area contributed by atoms with Crippen LogP contribution in [0.4, 0.5) is 5.82 Å². The third-order valence-electron chi connectivity index (χ3n) is 3.02. The zero-order valence-corrected chi connectivity index (χ0v) is 10.0. The number of nitrogens with zero attached hydrogens (tertiary/aromatic N) is 2. The Bertz CT molecular complexity index is 544. The summed E-state index contributed by atoms with van der Waals surface area (Å²) in [6.07, 6.45) is -2.00. The van der Waals surface area contributed by atoms with Crippen LogP contribution in [0.2, 0.25) is 0 Å². The van der Waals surface area contributed by atoms with Crippen LogP contribution in [0.15, 0.2) is 17.6 Å². The van der Waals surface area contributed by atoms with Crippen molar-refractivity contribution in [3.05, 3.63) is 28.8 Å². The normalized spacial score (nSPS) is 30.5. The minimum absolute atomic E-state index is 0.0167. The van der Waals surface area contributed by atoms with Crippen molar-refractivity contribution in [2.24, 2.45) is 0 Å². The van der Waals surface area contributed by atoms with Gasteiger partial charge in [0, 0.05) is 11.8 Å². The highest BCUT2D eigenvalue weighted by molar-refractivity contribution is 5.57. The molecule has 0 radical (unpaired) electrons. The largest absolute Gasteiger partial charge is 0.394 e. The van der Waals surface area contributed by atoms with Crippen LogP contribution >= 0.6 is 0 Å². The molecule has 1 saturated heterocycles. The second-order valence-electron chi connectivity index (χ2n) is 4.20. The van der Waals surface area contributed by atoms with Crippen LogP contribution in [0.25, 0.3) is 6.08 Å². The van der Waals surface area contributed by atoms with Crippen LogP contribution in [0.1, 0.15) is 11.8 Å². The number of ether oxygens (including phenoxy) is 1. The van der Waals surface area contributed by atoms with Gasteiger partial charge in [-0.3, -0.25) is 4.57 Å². The van der Waals surface area contributed by atoms with Crippen LogP contribution in [0.3, 0.4) is 0 Å². The van der Waals surface area contributed by atoms with E-state index in [4.69, 9.17) is 15.6 Å². The fourth-order valence-corrected chi connectivity index (χ4v) is 1.95. The van der Waals surface area contributed by atoms with Gasteiger partial charge in [0.1, 0.15) is 24.1 Å². The third-order valence-corrected chi connectivity index (χ3v) is 3.02. The highest BCUT2D eigenvalue weighted by Crippen LogP contribution is 2.28. The molecule has 0 aromatic carbocycles. The molecule has 0 aliphatic carbocycles. The van der Waals surface area contributed by atoms with E-state index in [1.165, 1.54) is 12.3 Å². The fraction of sp³-hybridized carbons (Fsp3) is 0.455. The van der Waals surface area contributed by atoms with Gasteiger partial charge in [0.15, 0.2) is 6.23 Å². The predicted octanol–water partition coefficient (Wildman–Crippen LogP) is -1.92. The second kappa shape index (κ2) is 5.10. The smallest absolute Gasteiger partial charge is 0.351 e. The van der Waals surface area contributed by atoms with Crippen LogP contribution < -0.4 is 11.4 Å². The fourth-order valence-electron chi connectivity index (χ4n) is 1.95. The average molecular weight is 269 g/mol. The number of anilines is 1. The summed E-state index contributed by atoms with van der Waals surface area (Å²) in [5.74, 6) is 0.0167. The molecule has 1 aliphatic heterocycles. The number of nitrogen functional groups attached to an aromatic ring is 1. The third kappa shape index (κ3) is 2.26. The lowest BCUT2D eigenvalue weighted by atomic mass is 10.1. The minimum Gasteiger partial charge on any atom is -0.394 e. The number of aliphatic hydroxyl groups excluding tert-OH is 3. The summed E-state index contributed by atoms with van der Waals surface area (Å²) in [6.45, 7) is 3.05. The Labute approximate surface area is 108 Å². The van der Waals surface area contributed by atoms with E-state index in [0.717, 1.165) is 4.57 Å². The molecule has 8 heteroatoms. The lowest BCUT2D eigenvalue weighted by Crippen LogP contribution is -2.36. The Kier molecular flexibility index (Phi) is 3.67. The Balaban J connectivity index is 2.43. The number of rotatable bonds is 3. The Morgan fingerprint density at radius 3 is 2.74 bits per heavy atom. The van der Waals surface area contributed by atoms with Crippen molar-refractivity contribution in [3.8, 4) is 0 Å². The standard InChI is InChI=1S/C11H15N3O5/c1-2-5-3-14(11(18)13-9(5)12)10-8(17)7(16)6(4-15)19-10/h2-3,6-8,10,15-17H,1,4H2,(H2,12,13,18)/t6-,7+,8-,10-/m1/s1. The van der Waals surface area contributed by atoms with E-state index in [-0.39, 0.29) is 5.82 Å². The summed E-state index contributed by atoms with van der Waals surface area (Å²) in [7, 11) is 0. The van der Waals surface area contributed by atoms with Crippen molar-refractivity contribution in [2.45, 2.75) is 24.5 Å². The van der Waals surface area contributed by atoms with Gasteiger partial charge in [-0.1, -0.05) is 12.7 Å². The first-order valence-corrected chi connectivity index (χ1v) is 5.63. The van der Waals surface area contributed by atoms with Crippen molar-refractivity contribution < 1.29 is 20.1 Å². The monoisotopic (exact) mass is 269 g/mol. The second-order valence-corrected chi connectivity index (χ2v) is 4.20. The van der Waals surface area contributed by atoms with Crippen LogP contribution in [-0.2, 0) is 4.74 Å². The molecule has 4 atom stereocenters. The van der Waals surface area contributed by atoms with Gasteiger partial charge in [-0.15, -0.1) is 0 Å². The van der Waals surface area contributed by atoms with Gasteiger partial charge in [0.2, 0.25) is 0 Å². The van der Waals surface area contributed by atoms with Gasteiger partial charge in [-0.2, -0.15) is 4.98 Å². The molecule has 0 saturated carbocycles. The van der Waals surface area contributed by atoms with Gasteiger partial charge in [0.25, 0.3) is 0 Å². The maximum absolute atomic E-state index is 11.7. The first-order chi connectivity index (χ1) is 8.99. The van der Waals surface area contributed by atoms with Gasteiger partial charge in [-0.05, 0) is 0 Å². The van der Waals surface area contributed by atoms with Crippen molar-refractivity contribution >= 4 is 11.9 Å². The van der Waals surface area contributed by atoms with Crippen molar-refractivity contribution in [1.82, 2.24) is 9.55 Å². The van der Waals surface area contributed by atoms with E-state index >= 15 is 0 Å². The quantitative estimate of drug-likeness (QED) is 0.503. The summed E-state index contributed by atoms with van der Waals surface area (Å²) in [5, 5.41) is 28.5. The Morgan fingerprint density at radius 2 is 2.21 bits per heavy atom. The van der Waals surface area contributed by atoms with Crippen molar-refractivity contribution in [3.63, 3.8) is 0 Å². The van der Waals surface area contributed by atoms with Crippen molar-refractivity contribution in [1.29, 1.82) is 0 Å². The highest BCUT2D eigenvalue weighted by Gasteiger charge is 2.43. The maximum Gasteiger partial charge on any atom is 0.351 e. The zero-order valence-electron chi connectivity index (χ0n) is 10.0. The SMILES string of the molecule is C=Cc1cn([C@@H]2O[C@H](CO)[C@H](O)[C@H]2O)c(=O)nc1N. The summed E-state index contributed by atoms with van der Waals surface area (Å²) >= 11 is 0. The molecule has 8 nitrogen and oxygen atoms in total. The van der Waals surface area contributed by atoms with Crippen LogP contribution in [-0.4, -0.2) is 49.8 Å². The maximum atomic E-state index is 11.7. The molecule has 1 aromatic heterocycles. The summed E-state index contributed by atoms with van der Waals surface area (Å²) < 4.78 is 6.25. The van der Waals surface area contributed by atoms with Gasteiger partial charge >= 0.3 is 5.69 Å². The molecular formula is C11H15N3O5. The van der Waals surface area contributed by atoms with E-state index in [0.29, 0.717) is 5.56 Å². The topological polar surface area (TPSA) is 131 Å². The Hall–Kier alpha value is -1.74. The number of hydrogen-bond acceptors (Lipinski definition) is 7. The van der Waals surface area contributed by atoms with Crippen LogP contribution in [0.5, 0.6) is 0 Å². The molecular weight excluding hydrogens is 254 g/mol. The molecule has 5 N–H and O–H groups in total. The minimum atomic E-state index is -1.35. The average Bonchev–Trinajstić information content (AvgIpc) is 2.67. The number of hydrogen-bond donors (Lipinski definition) is 4. The molecule has 0 spiro atoms. The number of aliphatic hydroxyl groups is 3. The van der Waals surface area contributed by atoms with Gasteiger partial charge in [-0.25, -0.2) is 4.79 Å². The molecule has 0 unspecified atom stereocenters.